The fraction of sp³-hybridized carbons (Fsp3) is 0.0870. The van der Waals surface area contributed by atoms with Crippen molar-refractivity contribution in [1.82, 2.24) is 0 Å². The number of esters is 1. The van der Waals surface area contributed by atoms with Gasteiger partial charge in [0, 0.05) is 17.1 Å². The Morgan fingerprint density at radius 1 is 0.710 bits per heavy atom. The maximum Gasteiger partial charge on any atom is 0.338 e. The van der Waals surface area contributed by atoms with E-state index in [1.807, 2.05) is 18.2 Å². The molecule has 0 radical (unpaired) electrons. The summed E-state index contributed by atoms with van der Waals surface area (Å²) in [5.41, 5.74) is 1.98. The Morgan fingerprint density at radius 2 is 1.26 bits per heavy atom. The zero-order valence-electron chi connectivity index (χ0n) is 16.8. The van der Waals surface area contributed by atoms with Crippen molar-refractivity contribution in [2.45, 2.75) is 0 Å². The van der Waals surface area contributed by atoms with Gasteiger partial charge < -0.3 is 25.4 Å². The summed E-state index contributed by atoms with van der Waals surface area (Å²) < 4.78 is 10.1. The Kier molecular flexibility index (Phi) is 7.21. The minimum atomic E-state index is -0.648. The Labute approximate surface area is 179 Å². The molecule has 3 amide bonds. The number of methoxy groups -OCH3 is 1. The van der Waals surface area contributed by atoms with Crippen LogP contribution in [0, 0.1) is 0 Å². The molecule has 0 spiro atoms. The Morgan fingerprint density at radius 3 is 1.87 bits per heavy atom. The van der Waals surface area contributed by atoms with E-state index in [4.69, 9.17) is 9.47 Å². The summed E-state index contributed by atoms with van der Waals surface area (Å²) in [6, 6.07) is 21.5. The van der Waals surface area contributed by atoms with Crippen molar-refractivity contribution in [3.05, 3.63) is 84.4 Å². The van der Waals surface area contributed by atoms with Crippen molar-refractivity contribution in [2.75, 3.05) is 29.7 Å². The third-order valence-electron chi connectivity index (χ3n) is 4.12. The molecule has 3 aromatic carbocycles. The maximum absolute atomic E-state index is 12.1. The zero-order valence-corrected chi connectivity index (χ0v) is 16.8. The highest BCUT2D eigenvalue weighted by atomic mass is 16.5. The number of hydrogen-bond donors (Lipinski definition) is 3. The molecule has 0 fully saturated rings. The molecule has 0 saturated carbocycles. The largest absolute Gasteiger partial charge is 0.497 e. The average Bonchev–Trinajstić information content (AvgIpc) is 2.79. The molecule has 0 bridgehead atoms. The van der Waals surface area contributed by atoms with Crippen LogP contribution in [-0.4, -0.2) is 31.6 Å². The monoisotopic (exact) mass is 419 g/mol. The zero-order chi connectivity index (χ0) is 22.1. The summed E-state index contributed by atoms with van der Waals surface area (Å²) in [5.74, 6) is -0.445. The lowest BCUT2D eigenvalue weighted by molar-refractivity contribution is -0.119. The molecule has 3 N–H and O–H groups in total. The van der Waals surface area contributed by atoms with Gasteiger partial charge in [0.25, 0.3) is 5.91 Å². The van der Waals surface area contributed by atoms with Gasteiger partial charge in [-0.2, -0.15) is 0 Å². The van der Waals surface area contributed by atoms with E-state index < -0.39 is 24.5 Å². The van der Waals surface area contributed by atoms with Crippen LogP contribution in [0.5, 0.6) is 5.75 Å². The van der Waals surface area contributed by atoms with E-state index in [2.05, 4.69) is 16.0 Å². The molecule has 3 aromatic rings. The van der Waals surface area contributed by atoms with E-state index in [1.165, 1.54) is 12.1 Å². The van der Waals surface area contributed by atoms with Gasteiger partial charge in [-0.25, -0.2) is 9.59 Å². The van der Waals surface area contributed by atoms with E-state index in [0.29, 0.717) is 22.8 Å². The number of carbonyl (C=O) groups excluding carboxylic acids is 3. The second-order valence-electron chi connectivity index (χ2n) is 6.38. The Bertz CT molecular complexity index is 1040. The molecular weight excluding hydrogens is 398 g/mol. The second kappa shape index (κ2) is 10.4. The van der Waals surface area contributed by atoms with Crippen LogP contribution in [0.1, 0.15) is 10.4 Å². The third-order valence-corrected chi connectivity index (χ3v) is 4.12. The fourth-order valence-electron chi connectivity index (χ4n) is 2.59. The van der Waals surface area contributed by atoms with Crippen LogP contribution in [0.3, 0.4) is 0 Å². The van der Waals surface area contributed by atoms with Gasteiger partial charge in [0.1, 0.15) is 5.75 Å². The Hall–Kier alpha value is -4.33. The third kappa shape index (κ3) is 6.60. The number of amides is 3. The molecule has 158 valence electrons. The first-order valence-corrected chi connectivity index (χ1v) is 9.37. The number of ether oxygens (including phenoxy) is 2. The number of benzene rings is 3. The lowest BCUT2D eigenvalue weighted by atomic mass is 10.2. The summed E-state index contributed by atoms with van der Waals surface area (Å²) in [4.78, 5) is 36.1. The molecule has 0 aliphatic rings. The van der Waals surface area contributed by atoms with Gasteiger partial charge in [-0.15, -0.1) is 0 Å². The Balaban J connectivity index is 1.45. The first-order chi connectivity index (χ1) is 15.0. The normalized spacial score (nSPS) is 9.97. The van der Waals surface area contributed by atoms with Crippen LogP contribution >= 0.6 is 0 Å². The van der Waals surface area contributed by atoms with Crippen molar-refractivity contribution in [1.29, 1.82) is 0 Å². The number of nitrogens with one attached hydrogen (secondary N) is 3. The van der Waals surface area contributed by atoms with Gasteiger partial charge in [-0.05, 0) is 60.7 Å². The number of hydrogen-bond acceptors (Lipinski definition) is 5. The highest BCUT2D eigenvalue weighted by molar-refractivity contribution is 6.00. The molecule has 31 heavy (non-hydrogen) atoms. The van der Waals surface area contributed by atoms with E-state index in [1.54, 1.807) is 55.6 Å². The quantitative estimate of drug-likeness (QED) is 0.499. The topological polar surface area (TPSA) is 106 Å². The lowest BCUT2D eigenvalue weighted by Gasteiger charge is -2.09. The predicted octanol–water partition coefficient (Wildman–Crippen LogP) is 4.13. The first kappa shape index (κ1) is 21.4. The SMILES string of the molecule is COc1ccc(NC(=O)COC(=O)c2ccc(NC(=O)Nc3ccccc3)cc2)cc1. The molecule has 0 saturated heterocycles. The average molecular weight is 419 g/mol. The van der Waals surface area contributed by atoms with Crippen LogP contribution in [-0.2, 0) is 9.53 Å². The minimum Gasteiger partial charge on any atom is -0.497 e. The summed E-state index contributed by atoms with van der Waals surface area (Å²) >= 11 is 0. The minimum absolute atomic E-state index is 0.256. The number of para-hydroxylation sites is 1. The molecule has 0 atom stereocenters. The van der Waals surface area contributed by atoms with Gasteiger partial charge in [0.2, 0.25) is 0 Å². The number of anilines is 3. The van der Waals surface area contributed by atoms with Gasteiger partial charge in [0.05, 0.1) is 12.7 Å². The van der Waals surface area contributed by atoms with Crippen LogP contribution < -0.4 is 20.7 Å². The van der Waals surface area contributed by atoms with E-state index >= 15 is 0 Å². The van der Waals surface area contributed by atoms with Gasteiger partial charge in [0.15, 0.2) is 6.61 Å². The van der Waals surface area contributed by atoms with Crippen LogP contribution in [0.25, 0.3) is 0 Å². The van der Waals surface area contributed by atoms with Gasteiger partial charge in [-0.3, -0.25) is 4.79 Å². The number of rotatable bonds is 7. The van der Waals surface area contributed by atoms with Crippen LogP contribution in [0.4, 0.5) is 21.9 Å². The van der Waals surface area contributed by atoms with Crippen LogP contribution in [0.15, 0.2) is 78.9 Å². The van der Waals surface area contributed by atoms with E-state index in [0.717, 1.165) is 0 Å². The fourth-order valence-corrected chi connectivity index (χ4v) is 2.59. The van der Waals surface area contributed by atoms with Gasteiger partial charge in [-0.1, -0.05) is 18.2 Å². The molecule has 0 aliphatic carbocycles. The molecular formula is C23H21N3O5. The molecule has 0 heterocycles. The smallest absolute Gasteiger partial charge is 0.338 e. The van der Waals surface area contributed by atoms with E-state index in [9.17, 15) is 14.4 Å². The molecule has 0 aliphatic heterocycles. The predicted molar refractivity (Wildman–Crippen MR) is 117 cm³/mol. The molecule has 8 heteroatoms. The lowest BCUT2D eigenvalue weighted by Crippen LogP contribution is -2.21. The first-order valence-electron chi connectivity index (χ1n) is 9.37. The second-order valence-corrected chi connectivity index (χ2v) is 6.38. The van der Waals surface area contributed by atoms with Crippen molar-refractivity contribution in [2.24, 2.45) is 0 Å². The molecule has 0 unspecified atom stereocenters. The van der Waals surface area contributed by atoms with Crippen molar-refractivity contribution < 1.29 is 23.9 Å². The molecule has 3 rings (SSSR count). The molecule has 0 aromatic heterocycles. The summed E-state index contributed by atoms with van der Waals surface area (Å²) in [6.45, 7) is -0.426. The number of carbonyl (C=O) groups is 3. The highest BCUT2D eigenvalue weighted by Gasteiger charge is 2.11. The van der Waals surface area contributed by atoms with E-state index in [-0.39, 0.29) is 5.56 Å². The van der Waals surface area contributed by atoms with Crippen molar-refractivity contribution >= 4 is 35.0 Å². The van der Waals surface area contributed by atoms with Crippen LogP contribution in [0.2, 0.25) is 0 Å². The maximum atomic E-state index is 12.1. The summed E-state index contributed by atoms with van der Waals surface area (Å²) in [5, 5.41) is 7.99. The molecule has 8 nitrogen and oxygen atoms in total. The van der Waals surface area contributed by atoms with Crippen molar-refractivity contribution in [3.8, 4) is 5.75 Å². The summed E-state index contributed by atoms with van der Waals surface area (Å²) in [7, 11) is 1.55. The van der Waals surface area contributed by atoms with Crippen molar-refractivity contribution in [3.63, 3.8) is 0 Å². The summed E-state index contributed by atoms with van der Waals surface area (Å²) in [6.07, 6.45) is 0. The number of urea groups is 1. The highest BCUT2D eigenvalue weighted by Crippen LogP contribution is 2.15. The van der Waals surface area contributed by atoms with Gasteiger partial charge >= 0.3 is 12.0 Å². The standard InChI is InChI=1S/C23H21N3O5/c1-30-20-13-11-18(12-14-20)24-21(27)15-31-22(28)16-7-9-19(10-8-16)26-23(29)25-17-5-3-2-4-6-17/h2-14H,15H2,1H3,(H,24,27)(H2,25,26,29).